The molecule has 0 aliphatic carbocycles. The molecule has 3 rings (SSSR count). The zero-order valence-electron chi connectivity index (χ0n) is 13.1. The van der Waals surface area contributed by atoms with Gasteiger partial charge in [0.25, 0.3) is 11.2 Å². The van der Waals surface area contributed by atoms with E-state index in [1.165, 1.54) is 16.8 Å². The predicted octanol–water partition coefficient (Wildman–Crippen LogP) is 3.30. The molecule has 0 aliphatic rings. The predicted molar refractivity (Wildman–Crippen MR) is 91.5 cm³/mol. The number of rotatable bonds is 5. The first-order valence-corrected chi connectivity index (χ1v) is 7.52. The van der Waals surface area contributed by atoms with Gasteiger partial charge in [0, 0.05) is 17.0 Å². The lowest BCUT2D eigenvalue weighted by Crippen LogP contribution is -2.23. The molecule has 0 saturated heterocycles. The Balaban J connectivity index is 1.78. The molecule has 0 spiro atoms. The molecule has 0 radical (unpaired) electrons. The Morgan fingerprint density at radius 3 is 2.71 bits per heavy atom. The molecule has 24 heavy (non-hydrogen) atoms. The van der Waals surface area contributed by atoms with E-state index in [1.807, 2.05) is 42.5 Å². The molecular formula is C18H16N2O4. The van der Waals surface area contributed by atoms with E-state index in [0.29, 0.717) is 5.56 Å². The molecule has 0 aliphatic heterocycles. The number of hydrogen-bond acceptors (Lipinski definition) is 4. The number of nitro groups is 1. The van der Waals surface area contributed by atoms with Crippen LogP contribution in [-0.4, -0.2) is 16.1 Å². The van der Waals surface area contributed by atoms with E-state index >= 15 is 0 Å². The molecule has 0 unspecified atom stereocenters. The SMILES string of the molecule is Cc1cc(=O)n(CCOc2cccc3ccccc23)cc1[N+](=O)[O-]. The minimum atomic E-state index is -0.489. The summed E-state index contributed by atoms with van der Waals surface area (Å²) in [6.07, 6.45) is 1.27. The van der Waals surface area contributed by atoms with Crippen molar-refractivity contribution < 1.29 is 9.66 Å². The van der Waals surface area contributed by atoms with Crippen LogP contribution in [0.4, 0.5) is 5.69 Å². The van der Waals surface area contributed by atoms with Crippen molar-refractivity contribution in [2.45, 2.75) is 13.5 Å². The third-order valence-electron chi connectivity index (χ3n) is 3.84. The van der Waals surface area contributed by atoms with Gasteiger partial charge in [0.05, 0.1) is 17.7 Å². The molecule has 6 nitrogen and oxygen atoms in total. The van der Waals surface area contributed by atoms with E-state index in [0.717, 1.165) is 16.5 Å². The lowest BCUT2D eigenvalue weighted by atomic mass is 10.1. The van der Waals surface area contributed by atoms with Crippen LogP contribution in [0.1, 0.15) is 5.56 Å². The monoisotopic (exact) mass is 324 g/mol. The molecule has 0 N–H and O–H groups in total. The first kappa shape index (κ1) is 15.7. The van der Waals surface area contributed by atoms with E-state index in [4.69, 9.17) is 4.74 Å². The number of aryl methyl sites for hydroxylation is 1. The number of aromatic nitrogens is 1. The highest BCUT2D eigenvalue weighted by Crippen LogP contribution is 2.25. The van der Waals surface area contributed by atoms with Gasteiger partial charge in [0.1, 0.15) is 12.4 Å². The quantitative estimate of drug-likeness (QED) is 0.533. The van der Waals surface area contributed by atoms with Crippen molar-refractivity contribution in [3.63, 3.8) is 0 Å². The third-order valence-corrected chi connectivity index (χ3v) is 3.84. The molecule has 1 aromatic heterocycles. The second-order valence-electron chi connectivity index (χ2n) is 5.46. The lowest BCUT2D eigenvalue weighted by Gasteiger charge is -2.11. The highest BCUT2D eigenvalue weighted by Gasteiger charge is 2.13. The fourth-order valence-electron chi connectivity index (χ4n) is 2.60. The van der Waals surface area contributed by atoms with Crippen molar-refractivity contribution in [2.75, 3.05) is 6.61 Å². The van der Waals surface area contributed by atoms with Crippen LogP contribution in [0.25, 0.3) is 10.8 Å². The summed E-state index contributed by atoms with van der Waals surface area (Å²) < 4.78 is 7.08. The van der Waals surface area contributed by atoms with Gasteiger partial charge in [-0.15, -0.1) is 0 Å². The molecule has 0 atom stereocenters. The number of benzene rings is 2. The van der Waals surface area contributed by atoms with Gasteiger partial charge in [-0.1, -0.05) is 36.4 Å². The van der Waals surface area contributed by atoms with Crippen molar-refractivity contribution >= 4 is 16.5 Å². The summed E-state index contributed by atoms with van der Waals surface area (Å²) in [6, 6.07) is 14.9. The van der Waals surface area contributed by atoms with E-state index in [9.17, 15) is 14.9 Å². The standard InChI is InChI=1S/C18H16N2O4/c1-13-11-18(21)19(12-16(13)20(22)23)9-10-24-17-8-4-6-14-5-2-3-7-15(14)17/h2-8,11-12H,9-10H2,1H3. The summed E-state index contributed by atoms with van der Waals surface area (Å²) in [4.78, 5) is 22.5. The summed E-state index contributed by atoms with van der Waals surface area (Å²) in [5, 5.41) is 13.0. The fraction of sp³-hybridized carbons (Fsp3) is 0.167. The minimum absolute atomic E-state index is 0.0697. The normalized spacial score (nSPS) is 10.7. The average Bonchev–Trinajstić information content (AvgIpc) is 2.56. The summed E-state index contributed by atoms with van der Waals surface area (Å²) in [5.74, 6) is 0.725. The molecule has 0 saturated carbocycles. The van der Waals surface area contributed by atoms with E-state index in [-0.39, 0.29) is 24.4 Å². The van der Waals surface area contributed by atoms with Crippen molar-refractivity contribution in [1.29, 1.82) is 0 Å². The van der Waals surface area contributed by atoms with Crippen molar-refractivity contribution in [3.8, 4) is 5.75 Å². The van der Waals surface area contributed by atoms with Crippen LogP contribution in [0.5, 0.6) is 5.75 Å². The third kappa shape index (κ3) is 3.12. The zero-order valence-corrected chi connectivity index (χ0v) is 13.1. The van der Waals surface area contributed by atoms with Gasteiger partial charge >= 0.3 is 0 Å². The largest absolute Gasteiger partial charge is 0.491 e. The van der Waals surface area contributed by atoms with Gasteiger partial charge in [-0.25, -0.2) is 0 Å². The minimum Gasteiger partial charge on any atom is -0.491 e. The Morgan fingerprint density at radius 1 is 1.17 bits per heavy atom. The highest BCUT2D eigenvalue weighted by molar-refractivity contribution is 5.88. The fourth-order valence-corrected chi connectivity index (χ4v) is 2.60. The topological polar surface area (TPSA) is 74.4 Å². The number of nitrogens with zero attached hydrogens (tertiary/aromatic N) is 2. The number of hydrogen-bond donors (Lipinski definition) is 0. The molecular weight excluding hydrogens is 308 g/mol. The Hall–Kier alpha value is -3.15. The molecule has 6 heteroatoms. The molecule has 2 aromatic carbocycles. The maximum atomic E-state index is 12.0. The average molecular weight is 324 g/mol. The lowest BCUT2D eigenvalue weighted by molar-refractivity contribution is -0.385. The van der Waals surface area contributed by atoms with Crippen LogP contribution < -0.4 is 10.3 Å². The second-order valence-corrected chi connectivity index (χ2v) is 5.46. The van der Waals surface area contributed by atoms with E-state index in [1.54, 1.807) is 6.92 Å². The van der Waals surface area contributed by atoms with Crippen LogP contribution in [0.3, 0.4) is 0 Å². The Kier molecular flexibility index (Phi) is 4.29. The number of fused-ring (bicyclic) bond motifs is 1. The first-order valence-electron chi connectivity index (χ1n) is 7.52. The van der Waals surface area contributed by atoms with Crippen LogP contribution in [0.15, 0.2) is 59.5 Å². The van der Waals surface area contributed by atoms with Gasteiger partial charge in [-0.05, 0) is 18.4 Å². The van der Waals surface area contributed by atoms with Crippen LogP contribution in [0, 0.1) is 17.0 Å². The highest BCUT2D eigenvalue weighted by atomic mass is 16.6. The molecule has 1 heterocycles. The van der Waals surface area contributed by atoms with Crippen LogP contribution in [-0.2, 0) is 6.54 Å². The second kappa shape index (κ2) is 6.54. The van der Waals surface area contributed by atoms with Gasteiger partial charge < -0.3 is 9.30 Å². The smallest absolute Gasteiger partial charge is 0.288 e. The number of ether oxygens (including phenoxy) is 1. The molecule has 0 bridgehead atoms. The van der Waals surface area contributed by atoms with E-state index in [2.05, 4.69) is 0 Å². The van der Waals surface area contributed by atoms with Gasteiger partial charge in [0.15, 0.2) is 0 Å². The van der Waals surface area contributed by atoms with E-state index < -0.39 is 4.92 Å². The molecule has 0 fully saturated rings. The summed E-state index contributed by atoms with van der Waals surface area (Å²) in [5.41, 5.74) is 0.00982. The zero-order chi connectivity index (χ0) is 17.1. The van der Waals surface area contributed by atoms with Gasteiger partial charge in [-0.2, -0.15) is 0 Å². The Morgan fingerprint density at radius 2 is 1.92 bits per heavy atom. The molecule has 3 aromatic rings. The maximum absolute atomic E-state index is 12.0. The molecule has 122 valence electrons. The van der Waals surface area contributed by atoms with Gasteiger partial charge in [-0.3, -0.25) is 14.9 Å². The van der Waals surface area contributed by atoms with Crippen LogP contribution in [0.2, 0.25) is 0 Å². The Bertz CT molecular complexity index is 957. The Labute approximate surface area is 138 Å². The number of pyridine rings is 1. The first-order chi connectivity index (χ1) is 11.6. The summed E-state index contributed by atoms with van der Waals surface area (Å²) in [7, 11) is 0. The van der Waals surface area contributed by atoms with Crippen molar-refractivity contribution in [1.82, 2.24) is 4.57 Å². The van der Waals surface area contributed by atoms with Gasteiger partial charge in [0.2, 0.25) is 0 Å². The molecule has 0 amide bonds. The van der Waals surface area contributed by atoms with Crippen molar-refractivity contribution in [2.24, 2.45) is 0 Å². The maximum Gasteiger partial charge on any atom is 0.288 e. The summed E-state index contributed by atoms with van der Waals surface area (Å²) in [6.45, 7) is 2.04. The van der Waals surface area contributed by atoms with Crippen molar-refractivity contribution in [3.05, 3.63) is 80.8 Å². The summed E-state index contributed by atoms with van der Waals surface area (Å²) >= 11 is 0. The van der Waals surface area contributed by atoms with Crippen LogP contribution >= 0.6 is 0 Å².